The van der Waals surface area contributed by atoms with E-state index >= 15 is 0 Å². The quantitative estimate of drug-likeness (QED) is 0.0261. The minimum absolute atomic E-state index is 0.0939. The second kappa shape index (κ2) is 69.0. The van der Waals surface area contributed by atoms with Crippen LogP contribution in [0.15, 0.2) is 134 Å². The molecule has 0 fully saturated rings. The summed E-state index contributed by atoms with van der Waals surface area (Å²) in [5.74, 6) is -0.920. The van der Waals surface area contributed by atoms with Gasteiger partial charge in [-0.2, -0.15) is 0 Å². The molecule has 0 bridgehead atoms. The highest BCUT2D eigenvalue weighted by atomic mass is 16.6. The fourth-order valence-electron chi connectivity index (χ4n) is 9.25. The van der Waals surface area contributed by atoms with Crippen LogP contribution in [0, 0.1) is 0 Å². The first-order valence-corrected chi connectivity index (χ1v) is 34.2. The predicted octanol–water partition coefficient (Wildman–Crippen LogP) is 23.7. The lowest BCUT2D eigenvalue weighted by Crippen LogP contribution is -2.30. The molecule has 0 saturated heterocycles. The number of allylic oxidation sites excluding steroid dienone is 22. The fraction of sp³-hybridized carbons (Fsp3) is 0.671. The number of carbonyl (C=O) groups excluding carboxylic acids is 3. The van der Waals surface area contributed by atoms with Crippen LogP contribution in [0.25, 0.3) is 0 Å². The smallest absolute Gasteiger partial charge is 0.306 e. The average Bonchev–Trinajstić information content (AvgIpc) is 3.47. The number of unbranched alkanes of at least 4 members (excludes halogenated alkanes) is 28. The van der Waals surface area contributed by atoms with Crippen LogP contribution in [0.3, 0.4) is 0 Å². The Balaban J connectivity index is 4.38. The molecule has 0 aliphatic heterocycles. The third-order valence-electron chi connectivity index (χ3n) is 14.4. The van der Waals surface area contributed by atoms with Crippen molar-refractivity contribution in [1.29, 1.82) is 0 Å². The van der Waals surface area contributed by atoms with Crippen molar-refractivity contribution in [3.8, 4) is 0 Å². The molecule has 0 heterocycles. The van der Waals surface area contributed by atoms with Gasteiger partial charge in [0.05, 0.1) is 0 Å². The van der Waals surface area contributed by atoms with Crippen LogP contribution >= 0.6 is 0 Å². The maximum atomic E-state index is 12.9. The molecule has 0 aromatic rings. The van der Waals surface area contributed by atoms with Crippen LogP contribution in [-0.4, -0.2) is 37.2 Å². The molecule has 466 valence electrons. The van der Waals surface area contributed by atoms with E-state index in [9.17, 15) is 14.4 Å². The summed E-state index contributed by atoms with van der Waals surface area (Å²) in [4.78, 5) is 38.4. The van der Waals surface area contributed by atoms with Crippen LogP contribution in [-0.2, 0) is 28.6 Å². The van der Waals surface area contributed by atoms with E-state index in [1.807, 2.05) is 0 Å². The molecule has 6 nitrogen and oxygen atoms in total. The largest absolute Gasteiger partial charge is 0.462 e. The van der Waals surface area contributed by atoms with Gasteiger partial charge in [-0.15, -0.1) is 0 Å². The Bertz CT molecular complexity index is 1730. The first kappa shape index (κ1) is 77.5. The van der Waals surface area contributed by atoms with Crippen molar-refractivity contribution in [2.75, 3.05) is 13.2 Å². The molecule has 0 N–H and O–H groups in total. The zero-order chi connectivity index (χ0) is 59.2. The molecule has 0 amide bonds. The summed E-state index contributed by atoms with van der Waals surface area (Å²) < 4.78 is 16.9. The van der Waals surface area contributed by atoms with Crippen LogP contribution in [0.2, 0.25) is 0 Å². The maximum absolute atomic E-state index is 12.9. The zero-order valence-electron chi connectivity index (χ0n) is 53.5. The number of hydrogen-bond donors (Lipinski definition) is 0. The Morgan fingerprint density at radius 1 is 0.256 bits per heavy atom. The summed E-state index contributed by atoms with van der Waals surface area (Å²) in [7, 11) is 0. The van der Waals surface area contributed by atoms with E-state index in [-0.39, 0.29) is 31.1 Å². The zero-order valence-corrected chi connectivity index (χ0v) is 53.5. The number of esters is 3. The number of carbonyl (C=O) groups is 3. The van der Waals surface area contributed by atoms with E-state index in [1.54, 1.807) is 0 Å². The minimum atomic E-state index is -0.798. The second-order valence-electron chi connectivity index (χ2n) is 22.3. The molecule has 1 atom stereocenters. The van der Waals surface area contributed by atoms with Gasteiger partial charge in [0.25, 0.3) is 0 Å². The van der Waals surface area contributed by atoms with E-state index in [0.717, 1.165) is 148 Å². The number of hydrogen-bond acceptors (Lipinski definition) is 6. The van der Waals surface area contributed by atoms with Crippen LogP contribution < -0.4 is 0 Å². The van der Waals surface area contributed by atoms with Gasteiger partial charge < -0.3 is 14.2 Å². The standard InChI is InChI=1S/C76H126O6/c1-4-7-10-13-16-19-22-25-28-30-32-33-34-35-36-37-38-39-40-41-42-43-44-46-48-51-54-57-60-63-66-69-75(78)81-72-73(71-80-74(77)68-65-62-59-56-53-50-47-27-24-21-18-15-12-9-6-3)82-76(79)70-67-64-61-58-55-52-49-45-31-29-26-23-20-17-14-11-8-5-2/h7,10,16,18-19,21,25,27-29,31-33,35-36,38-39,41-42,44,46-47,73H,4-6,8-9,11-15,17,20,22-24,26,30,34,37,40,43,45,48-72H2,1-3H3/b10-7-,19-16-,21-18-,28-25-,31-29-,33-32-,36-35-,39-38-,42-41-,46-44-,47-27-. The molecule has 0 aliphatic rings. The topological polar surface area (TPSA) is 78.9 Å². The van der Waals surface area contributed by atoms with Gasteiger partial charge in [-0.3, -0.25) is 14.4 Å². The van der Waals surface area contributed by atoms with Gasteiger partial charge in [0, 0.05) is 19.3 Å². The van der Waals surface area contributed by atoms with E-state index < -0.39 is 6.10 Å². The van der Waals surface area contributed by atoms with Gasteiger partial charge in [0.1, 0.15) is 13.2 Å². The summed E-state index contributed by atoms with van der Waals surface area (Å²) in [6, 6.07) is 0. The summed E-state index contributed by atoms with van der Waals surface area (Å²) in [6.07, 6.45) is 97.4. The molecule has 0 spiro atoms. The van der Waals surface area contributed by atoms with Gasteiger partial charge in [-0.1, -0.05) is 283 Å². The summed E-state index contributed by atoms with van der Waals surface area (Å²) in [6.45, 7) is 6.49. The van der Waals surface area contributed by atoms with E-state index in [2.05, 4.69) is 154 Å². The van der Waals surface area contributed by atoms with Crippen molar-refractivity contribution >= 4 is 17.9 Å². The molecular weight excluding hydrogens is 1010 g/mol. The molecule has 0 radical (unpaired) electrons. The lowest BCUT2D eigenvalue weighted by Gasteiger charge is -2.18. The predicted molar refractivity (Wildman–Crippen MR) is 357 cm³/mol. The molecular formula is C76H126O6. The van der Waals surface area contributed by atoms with E-state index in [4.69, 9.17) is 14.2 Å². The Kier molecular flexibility index (Phi) is 65.3. The molecule has 0 saturated carbocycles. The number of rotatable bonds is 61. The summed E-state index contributed by atoms with van der Waals surface area (Å²) >= 11 is 0. The van der Waals surface area contributed by atoms with Crippen LogP contribution in [0.1, 0.15) is 310 Å². The van der Waals surface area contributed by atoms with Crippen molar-refractivity contribution in [3.63, 3.8) is 0 Å². The monoisotopic (exact) mass is 1130 g/mol. The SMILES string of the molecule is CC/C=C\C/C=C\C/C=C\C/C=C\C/C=C\C/C=C\C/C=C\C/C=C\CCCCCCCCC(=O)OCC(COC(=O)CCCCCCC/C=C\C/C=C\CCCCC)OC(=O)CCCCCCCCC/C=C\CCCCCCCCC. The molecule has 82 heavy (non-hydrogen) atoms. The highest BCUT2D eigenvalue weighted by Crippen LogP contribution is 2.15. The Hall–Kier alpha value is -4.45. The van der Waals surface area contributed by atoms with Gasteiger partial charge in [0.15, 0.2) is 6.10 Å². The van der Waals surface area contributed by atoms with Crippen LogP contribution in [0.5, 0.6) is 0 Å². The molecule has 0 rings (SSSR count). The fourth-order valence-corrected chi connectivity index (χ4v) is 9.25. The molecule has 0 aliphatic carbocycles. The van der Waals surface area contributed by atoms with Crippen molar-refractivity contribution in [1.82, 2.24) is 0 Å². The molecule has 6 heteroatoms. The second-order valence-corrected chi connectivity index (χ2v) is 22.3. The maximum Gasteiger partial charge on any atom is 0.306 e. The third kappa shape index (κ3) is 66.4. The minimum Gasteiger partial charge on any atom is -0.462 e. The lowest BCUT2D eigenvalue weighted by atomic mass is 10.1. The first-order chi connectivity index (χ1) is 40.5. The van der Waals surface area contributed by atoms with Gasteiger partial charge in [-0.05, 0) is 141 Å². The van der Waals surface area contributed by atoms with E-state index in [0.29, 0.717) is 19.3 Å². The highest BCUT2D eigenvalue weighted by Gasteiger charge is 2.19. The Morgan fingerprint density at radius 2 is 0.476 bits per heavy atom. The van der Waals surface area contributed by atoms with E-state index in [1.165, 1.54) is 122 Å². The number of ether oxygens (including phenoxy) is 3. The molecule has 0 aromatic heterocycles. The summed E-state index contributed by atoms with van der Waals surface area (Å²) in [5, 5.41) is 0. The highest BCUT2D eigenvalue weighted by molar-refractivity contribution is 5.71. The van der Waals surface area contributed by atoms with Crippen molar-refractivity contribution in [2.24, 2.45) is 0 Å². The van der Waals surface area contributed by atoms with Gasteiger partial charge in [0.2, 0.25) is 0 Å². The third-order valence-corrected chi connectivity index (χ3v) is 14.4. The Morgan fingerprint density at radius 3 is 0.780 bits per heavy atom. The molecule has 0 aromatic carbocycles. The van der Waals surface area contributed by atoms with Crippen molar-refractivity contribution in [2.45, 2.75) is 316 Å². The Labute approximate surface area is 506 Å². The average molecular weight is 1140 g/mol. The van der Waals surface area contributed by atoms with Crippen LogP contribution in [0.4, 0.5) is 0 Å². The van der Waals surface area contributed by atoms with Gasteiger partial charge >= 0.3 is 17.9 Å². The lowest BCUT2D eigenvalue weighted by molar-refractivity contribution is -0.167. The normalized spacial score (nSPS) is 13.0. The first-order valence-electron chi connectivity index (χ1n) is 34.2. The summed E-state index contributed by atoms with van der Waals surface area (Å²) in [5.41, 5.74) is 0. The molecule has 1 unspecified atom stereocenters. The van der Waals surface area contributed by atoms with Crippen molar-refractivity contribution in [3.05, 3.63) is 134 Å². The van der Waals surface area contributed by atoms with Gasteiger partial charge in [-0.25, -0.2) is 0 Å². The van der Waals surface area contributed by atoms with Crippen molar-refractivity contribution < 1.29 is 28.6 Å².